The van der Waals surface area contributed by atoms with Crippen molar-refractivity contribution in [1.82, 2.24) is 0 Å². The Morgan fingerprint density at radius 2 is 0.651 bits per heavy atom. The summed E-state index contributed by atoms with van der Waals surface area (Å²) in [6, 6.07) is 42.0. The maximum atomic E-state index is 11.1. The number of aromatic hydroxyl groups is 5. The highest BCUT2D eigenvalue weighted by Crippen LogP contribution is 2.58. The lowest BCUT2D eigenvalue weighted by atomic mass is 9.84. The van der Waals surface area contributed by atoms with Gasteiger partial charge in [-0.25, -0.2) is 0 Å². The Morgan fingerprint density at radius 1 is 0.256 bits per heavy atom. The van der Waals surface area contributed by atoms with Crippen molar-refractivity contribution in [3.63, 3.8) is 0 Å². The Balaban J connectivity index is 1.60. The molecule has 5 N–H and O–H groups in total. The molecule has 7 aromatic carbocycles. The van der Waals surface area contributed by atoms with E-state index in [1.165, 1.54) is 0 Å². The molecule has 0 saturated carbocycles. The average molecular weight is 563 g/mol. The quantitative estimate of drug-likeness (QED) is 0.0836. The molecule has 0 bridgehead atoms. The number of hydrogen-bond acceptors (Lipinski definition) is 5. The van der Waals surface area contributed by atoms with E-state index < -0.39 is 28.7 Å². The maximum absolute atomic E-state index is 11.1. The molecule has 0 amide bonds. The monoisotopic (exact) mass is 562 g/mol. The Bertz CT molecular complexity index is 2120. The summed E-state index contributed by atoms with van der Waals surface area (Å²) in [4.78, 5) is 0. The number of benzene rings is 7. The van der Waals surface area contributed by atoms with Gasteiger partial charge in [-0.05, 0) is 61.0 Å². The second kappa shape index (κ2) is 10.2. The molecule has 0 spiro atoms. The molecule has 0 unspecified atom stereocenters. The number of phenols is 5. The molecule has 0 aliphatic rings. The van der Waals surface area contributed by atoms with Crippen LogP contribution < -0.4 is 0 Å². The van der Waals surface area contributed by atoms with Gasteiger partial charge in [0.25, 0.3) is 0 Å². The molecule has 0 heterocycles. The van der Waals surface area contributed by atoms with Gasteiger partial charge in [0.05, 0.1) is 5.56 Å². The first-order valence-electron chi connectivity index (χ1n) is 13.8. The van der Waals surface area contributed by atoms with E-state index in [2.05, 4.69) is 36.4 Å². The van der Waals surface area contributed by atoms with E-state index in [-0.39, 0.29) is 5.56 Å². The number of fused-ring (bicyclic) bond motifs is 2. The van der Waals surface area contributed by atoms with Crippen molar-refractivity contribution in [2.45, 2.75) is 0 Å². The Labute approximate surface area is 247 Å². The SMILES string of the molecule is Oc1c(O)c(O)c(-c2c3ccccc3c(-c3ccc(-c4ccccc4)cc3)c3ccc(-c4ccccc4)cc23)c(O)c1O. The van der Waals surface area contributed by atoms with Crippen LogP contribution in [0.15, 0.2) is 127 Å². The summed E-state index contributed by atoms with van der Waals surface area (Å²) in [5.41, 5.74) is 6.25. The van der Waals surface area contributed by atoms with Crippen LogP contribution in [0.25, 0.3) is 66.1 Å². The smallest absolute Gasteiger partial charge is 0.208 e. The van der Waals surface area contributed by atoms with Crippen LogP contribution in [0.2, 0.25) is 0 Å². The van der Waals surface area contributed by atoms with Crippen molar-refractivity contribution in [2.24, 2.45) is 0 Å². The summed E-state index contributed by atoms with van der Waals surface area (Å²) >= 11 is 0. The summed E-state index contributed by atoms with van der Waals surface area (Å²) in [5, 5.41) is 56.4. The molecule has 0 aliphatic heterocycles. The topological polar surface area (TPSA) is 101 Å². The zero-order valence-corrected chi connectivity index (χ0v) is 22.9. The lowest BCUT2D eigenvalue weighted by molar-refractivity contribution is 0.330. The molecule has 0 aromatic heterocycles. The fourth-order valence-corrected chi connectivity index (χ4v) is 5.95. The minimum absolute atomic E-state index is 0.176. The highest BCUT2D eigenvalue weighted by Gasteiger charge is 2.28. The van der Waals surface area contributed by atoms with E-state index in [0.717, 1.165) is 44.2 Å². The van der Waals surface area contributed by atoms with Gasteiger partial charge in [0, 0.05) is 5.56 Å². The lowest BCUT2D eigenvalue weighted by Crippen LogP contribution is -1.93. The minimum atomic E-state index is -0.993. The third-order valence-corrected chi connectivity index (χ3v) is 8.03. The predicted molar refractivity (Wildman–Crippen MR) is 172 cm³/mol. The first-order chi connectivity index (χ1) is 20.9. The van der Waals surface area contributed by atoms with Gasteiger partial charge in [-0.15, -0.1) is 0 Å². The molecule has 43 heavy (non-hydrogen) atoms. The first kappa shape index (κ1) is 26.0. The molecular formula is C38H26O5. The zero-order valence-electron chi connectivity index (χ0n) is 22.9. The molecule has 208 valence electrons. The molecule has 5 nitrogen and oxygen atoms in total. The molecule has 0 aliphatic carbocycles. The highest BCUT2D eigenvalue weighted by molar-refractivity contribution is 6.23. The van der Waals surface area contributed by atoms with Gasteiger partial charge in [0.2, 0.25) is 17.2 Å². The summed E-state index contributed by atoms with van der Waals surface area (Å²) in [6.07, 6.45) is 0. The molecule has 0 radical (unpaired) electrons. The third-order valence-electron chi connectivity index (χ3n) is 8.03. The van der Waals surface area contributed by atoms with Crippen LogP contribution in [0.3, 0.4) is 0 Å². The Morgan fingerprint density at radius 3 is 1.23 bits per heavy atom. The van der Waals surface area contributed by atoms with Gasteiger partial charge in [-0.1, -0.05) is 121 Å². The maximum Gasteiger partial charge on any atom is 0.208 e. The van der Waals surface area contributed by atoms with E-state index in [1.807, 2.05) is 91.0 Å². The minimum Gasteiger partial charge on any atom is -0.504 e. The van der Waals surface area contributed by atoms with Crippen LogP contribution in [-0.4, -0.2) is 25.5 Å². The van der Waals surface area contributed by atoms with Crippen LogP contribution >= 0.6 is 0 Å². The fourth-order valence-electron chi connectivity index (χ4n) is 5.95. The van der Waals surface area contributed by atoms with Crippen molar-refractivity contribution >= 4 is 21.5 Å². The second-order valence-electron chi connectivity index (χ2n) is 10.5. The van der Waals surface area contributed by atoms with Crippen molar-refractivity contribution in [2.75, 3.05) is 0 Å². The van der Waals surface area contributed by atoms with Crippen LogP contribution in [0.5, 0.6) is 28.7 Å². The van der Waals surface area contributed by atoms with Gasteiger partial charge in [0.15, 0.2) is 11.5 Å². The molecule has 0 saturated heterocycles. The largest absolute Gasteiger partial charge is 0.504 e. The zero-order chi connectivity index (χ0) is 29.7. The summed E-state index contributed by atoms with van der Waals surface area (Å²) < 4.78 is 0. The van der Waals surface area contributed by atoms with Crippen molar-refractivity contribution in [3.05, 3.63) is 127 Å². The normalized spacial score (nSPS) is 11.3. The van der Waals surface area contributed by atoms with E-state index >= 15 is 0 Å². The molecular weight excluding hydrogens is 536 g/mol. The van der Waals surface area contributed by atoms with Crippen LogP contribution in [-0.2, 0) is 0 Å². The van der Waals surface area contributed by atoms with Gasteiger partial charge >= 0.3 is 0 Å². The van der Waals surface area contributed by atoms with Crippen molar-refractivity contribution in [1.29, 1.82) is 0 Å². The van der Waals surface area contributed by atoms with E-state index in [0.29, 0.717) is 16.3 Å². The van der Waals surface area contributed by atoms with Gasteiger partial charge in [-0.2, -0.15) is 0 Å². The van der Waals surface area contributed by atoms with E-state index in [4.69, 9.17) is 0 Å². The van der Waals surface area contributed by atoms with Crippen molar-refractivity contribution < 1.29 is 25.5 Å². The van der Waals surface area contributed by atoms with Gasteiger partial charge in [0.1, 0.15) is 0 Å². The summed E-state index contributed by atoms with van der Waals surface area (Å²) in [6.45, 7) is 0. The first-order valence-corrected chi connectivity index (χ1v) is 13.8. The second-order valence-corrected chi connectivity index (χ2v) is 10.5. The predicted octanol–water partition coefficient (Wildman–Crippen LogP) is 9.19. The van der Waals surface area contributed by atoms with E-state index in [1.54, 1.807) is 0 Å². The fraction of sp³-hybridized carbons (Fsp3) is 0. The molecule has 7 aromatic rings. The third kappa shape index (κ3) is 4.18. The standard InChI is InChI=1S/C38H26O5/c39-34-33(35(40)37(42)38(43)36(34)41)32-28-14-8-7-13-27(28)31(25-17-15-24(16-18-25)22-9-3-1-4-10-22)29-20-19-26(21-30(29)32)23-11-5-2-6-12-23/h1-21,39-43H. The summed E-state index contributed by atoms with van der Waals surface area (Å²) in [7, 11) is 0. The Kier molecular flexibility index (Phi) is 6.14. The van der Waals surface area contributed by atoms with Crippen LogP contribution in [0, 0.1) is 0 Å². The molecule has 5 heteroatoms. The molecule has 7 rings (SSSR count). The number of rotatable bonds is 4. The average Bonchev–Trinajstić information content (AvgIpc) is 3.07. The van der Waals surface area contributed by atoms with Gasteiger partial charge in [-0.3, -0.25) is 0 Å². The highest BCUT2D eigenvalue weighted by atomic mass is 16.4. The molecule has 0 fully saturated rings. The lowest BCUT2D eigenvalue weighted by Gasteiger charge is -2.21. The molecule has 0 atom stereocenters. The van der Waals surface area contributed by atoms with E-state index in [9.17, 15) is 25.5 Å². The summed E-state index contributed by atoms with van der Waals surface area (Å²) in [5.74, 6) is -4.29. The van der Waals surface area contributed by atoms with Crippen LogP contribution in [0.4, 0.5) is 0 Å². The number of hydrogen-bond donors (Lipinski definition) is 5. The van der Waals surface area contributed by atoms with Gasteiger partial charge < -0.3 is 25.5 Å². The van der Waals surface area contributed by atoms with Crippen molar-refractivity contribution in [3.8, 4) is 73.3 Å². The van der Waals surface area contributed by atoms with Crippen LogP contribution in [0.1, 0.15) is 0 Å². The number of phenolic OH excluding ortho intramolecular Hbond substituents is 5. The Hall–Kier alpha value is -5.94.